The number of nitrogens with one attached hydrogen (secondary N) is 1. The molecule has 1 aliphatic rings. The zero-order chi connectivity index (χ0) is 13.8. The van der Waals surface area contributed by atoms with Crippen LogP contribution in [-0.4, -0.2) is 35.7 Å². The molecule has 0 aliphatic carbocycles. The van der Waals surface area contributed by atoms with Crippen LogP contribution in [0.4, 0.5) is 10.5 Å². The number of amides is 2. The number of rotatable bonds is 2. The number of hydrogen-bond donors (Lipinski definition) is 2. The van der Waals surface area contributed by atoms with Crippen LogP contribution >= 0.6 is 0 Å². The molecule has 1 unspecified atom stereocenters. The van der Waals surface area contributed by atoms with E-state index in [1.807, 2.05) is 32.0 Å². The quantitative estimate of drug-likeness (QED) is 0.860. The first-order chi connectivity index (χ1) is 9.11. The maximum atomic E-state index is 12.2. The fraction of sp³-hybridized carbons (Fsp3) is 0.533. The number of hydrogen-bond acceptors (Lipinski definition) is 2. The lowest BCUT2D eigenvalue weighted by Crippen LogP contribution is -2.43. The smallest absolute Gasteiger partial charge is 0.321 e. The summed E-state index contributed by atoms with van der Waals surface area (Å²) in [5.41, 5.74) is 3.15. The monoisotopic (exact) mass is 262 g/mol. The average Bonchev–Trinajstić information content (AvgIpc) is 2.44. The van der Waals surface area contributed by atoms with Gasteiger partial charge in [-0.25, -0.2) is 4.79 Å². The van der Waals surface area contributed by atoms with Crippen LogP contribution in [0.3, 0.4) is 0 Å². The van der Waals surface area contributed by atoms with Gasteiger partial charge < -0.3 is 15.3 Å². The summed E-state index contributed by atoms with van der Waals surface area (Å²) in [6.45, 7) is 5.62. The minimum Gasteiger partial charge on any atom is -0.396 e. The molecule has 0 radical (unpaired) electrons. The molecule has 2 amide bonds. The van der Waals surface area contributed by atoms with E-state index in [2.05, 4.69) is 5.32 Å². The third kappa shape index (κ3) is 3.26. The van der Waals surface area contributed by atoms with Gasteiger partial charge in [-0.1, -0.05) is 12.1 Å². The largest absolute Gasteiger partial charge is 0.396 e. The Morgan fingerprint density at radius 2 is 2.26 bits per heavy atom. The molecule has 1 aliphatic heterocycles. The van der Waals surface area contributed by atoms with Crippen LogP contribution in [0.5, 0.6) is 0 Å². The van der Waals surface area contributed by atoms with Gasteiger partial charge in [0.25, 0.3) is 0 Å². The van der Waals surface area contributed by atoms with E-state index in [9.17, 15) is 9.90 Å². The minimum absolute atomic E-state index is 0.0631. The third-order valence-electron chi connectivity index (χ3n) is 3.91. The van der Waals surface area contributed by atoms with E-state index < -0.39 is 0 Å². The van der Waals surface area contributed by atoms with Gasteiger partial charge >= 0.3 is 6.03 Å². The van der Waals surface area contributed by atoms with E-state index in [1.165, 1.54) is 5.56 Å². The van der Waals surface area contributed by atoms with Gasteiger partial charge in [0.2, 0.25) is 0 Å². The molecule has 0 bridgehead atoms. The summed E-state index contributed by atoms with van der Waals surface area (Å²) in [5, 5.41) is 12.2. The summed E-state index contributed by atoms with van der Waals surface area (Å²) in [4.78, 5) is 14.0. The molecule has 104 valence electrons. The zero-order valence-corrected chi connectivity index (χ0v) is 11.6. The van der Waals surface area contributed by atoms with Crippen molar-refractivity contribution in [3.8, 4) is 0 Å². The van der Waals surface area contributed by atoms with Crippen LogP contribution < -0.4 is 5.32 Å². The first kappa shape index (κ1) is 13.9. The fourth-order valence-electron chi connectivity index (χ4n) is 2.48. The van der Waals surface area contributed by atoms with Gasteiger partial charge in [-0.05, 0) is 49.8 Å². The van der Waals surface area contributed by atoms with Gasteiger partial charge in [0.05, 0.1) is 0 Å². The van der Waals surface area contributed by atoms with Crippen molar-refractivity contribution in [1.29, 1.82) is 0 Å². The molecule has 1 atom stereocenters. The van der Waals surface area contributed by atoms with E-state index in [4.69, 9.17) is 0 Å². The van der Waals surface area contributed by atoms with Crippen LogP contribution in [0.15, 0.2) is 18.2 Å². The summed E-state index contributed by atoms with van der Waals surface area (Å²) < 4.78 is 0. The fourth-order valence-corrected chi connectivity index (χ4v) is 2.48. The Labute approximate surface area is 114 Å². The Balaban J connectivity index is 2.02. The molecule has 1 fully saturated rings. The average molecular weight is 262 g/mol. The van der Waals surface area contributed by atoms with Gasteiger partial charge in [-0.3, -0.25) is 0 Å². The number of carbonyl (C=O) groups excluding carboxylic acids is 1. The van der Waals surface area contributed by atoms with Gasteiger partial charge in [0.1, 0.15) is 0 Å². The first-order valence-electron chi connectivity index (χ1n) is 6.85. The summed E-state index contributed by atoms with van der Waals surface area (Å²) in [5.74, 6) is 0.220. The van der Waals surface area contributed by atoms with Gasteiger partial charge in [0.15, 0.2) is 0 Å². The van der Waals surface area contributed by atoms with Crippen molar-refractivity contribution in [2.24, 2.45) is 5.92 Å². The second kappa shape index (κ2) is 6.06. The van der Waals surface area contributed by atoms with E-state index in [0.29, 0.717) is 6.54 Å². The number of piperidine rings is 1. The Bertz CT molecular complexity index is 459. The van der Waals surface area contributed by atoms with Crippen molar-refractivity contribution < 1.29 is 9.90 Å². The molecular weight excluding hydrogens is 240 g/mol. The third-order valence-corrected chi connectivity index (χ3v) is 3.91. The maximum Gasteiger partial charge on any atom is 0.321 e. The van der Waals surface area contributed by atoms with Gasteiger partial charge in [-0.15, -0.1) is 0 Å². The summed E-state index contributed by atoms with van der Waals surface area (Å²) in [7, 11) is 0. The Kier molecular flexibility index (Phi) is 4.43. The lowest BCUT2D eigenvalue weighted by Gasteiger charge is -2.32. The lowest BCUT2D eigenvalue weighted by atomic mass is 9.99. The standard InChI is InChI=1S/C15H22N2O2/c1-11-5-3-7-14(12(11)2)16-15(19)17-8-4-6-13(9-17)10-18/h3,5,7,13,18H,4,6,8-10H2,1-2H3,(H,16,19). The first-order valence-corrected chi connectivity index (χ1v) is 6.85. The van der Waals surface area contributed by atoms with Gasteiger partial charge in [0, 0.05) is 25.4 Å². The van der Waals surface area contributed by atoms with E-state index >= 15 is 0 Å². The highest BCUT2D eigenvalue weighted by atomic mass is 16.3. The van der Waals surface area contributed by atoms with E-state index in [-0.39, 0.29) is 18.6 Å². The number of benzene rings is 1. The van der Waals surface area contributed by atoms with Crippen molar-refractivity contribution in [2.45, 2.75) is 26.7 Å². The molecule has 4 nitrogen and oxygen atoms in total. The molecule has 0 saturated carbocycles. The van der Waals surface area contributed by atoms with Gasteiger partial charge in [-0.2, -0.15) is 0 Å². The van der Waals surface area contributed by atoms with Crippen molar-refractivity contribution in [3.63, 3.8) is 0 Å². The highest BCUT2D eigenvalue weighted by molar-refractivity contribution is 5.90. The lowest BCUT2D eigenvalue weighted by molar-refractivity contribution is 0.136. The number of likely N-dealkylation sites (tertiary alicyclic amines) is 1. The van der Waals surface area contributed by atoms with Crippen LogP contribution in [0.2, 0.25) is 0 Å². The molecule has 19 heavy (non-hydrogen) atoms. The minimum atomic E-state index is -0.0631. The second-order valence-corrected chi connectivity index (χ2v) is 5.31. The zero-order valence-electron chi connectivity index (χ0n) is 11.6. The van der Waals surface area contributed by atoms with Crippen molar-refractivity contribution in [2.75, 3.05) is 25.0 Å². The van der Waals surface area contributed by atoms with Crippen molar-refractivity contribution in [3.05, 3.63) is 29.3 Å². The highest BCUT2D eigenvalue weighted by Gasteiger charge is 2.23. The maximum absolute atomic E-state index is 12.2. The van der Waals surface area contributed by atoms with Crippen LogP contribution in [0.1, 0.15) is 24.0 Å². The molecular formula is C15H22N2O2. The molecule has 2 rings (SSSR count). The number of carbonyl (C=O) groups is 1. The Hall–Kier alpha value is -1.55. The molecule has 4 heteroatoms. The summed E-state index contributed by atoms with van der Waals surface area (Å²) >= 11 is 0. The predicted octanol–water partition coefficient (Wildman–Crippen LogP) is 2.54. The summed E-state index contributed by atoms with van der Waals surface area (Å²) in [6, 6.07) is 5.85. The number of aliphatic hydroxyl groups excluding tert-OH is 1. The summed E-state index contributed by atoms with van der Waals surface area (Å²) in [6.07, 6.45) is 1.97. The molecule has 1 aromatic rings. The molecule has 0 aromatic heterocycles. The normalized spacial score (nSPS) is 19.3. The highest BCUT2D eigenvalue weighted by Crippen LogP contribution is 2.20. The van der Waals surface area contributed by atoms with Crippen molar-refractivity contribution >= 4 is 11.7 Å². The molecule has 1 aromatic carbocycles. The van der Waals surface area contributed by atoms with E-state index in [0.717, 1.165) is 30.6 Å². The van der Waals surface area contributed by atoms with Crippen LogP contribution in [0.25, 0.3) is 0 Å². The number of aliphatic hydroxyl groups is 1. The number of anilines is 1. The SMILES string of the molecule is Cc1cccc(NC(=O)N2CCCC(CO)C2)c1C. The molecule has 0 spiro atoms. The molecule has 2 N–H and O–H groups in total. The number of nitrogens with zero attached hydrogens (tertiary/aromatic N) is 1. The predicted molar refractivity (Wildman–Crippen MR) is 76.3 cm³/mol. The second-order valence-electron chi connectivity index (χ2n) is 5.31. The Morgan fingerprint density at radius 1 is 1.47 bits per heavy atom. The number of urea groups is 1. The molecule has 1 saturated heterocycles. The number of aryl methyl sites for hydroxylation is 1. The van der Waals surface area contributed by atoms with E-state index in [1.54, 1.807) is 4.90 Å². The van der Waals surface area contributed by atoms with Crippen molar-refractivity contribution in [1.82, 2.24) is 4.90 Å². The molecule has 1 heterocycles. The Morgan fingerprint density at radius 3 is 3.00 bits per heavy atom. The topological polar surface area (TPSA) is 52.6 Å². The van der Waals surface area contributed by atoms with Crippen LogP contribution in [-0.2, 0) is 0 Å². The van der Waals surface area contributed by atoms with Crippen LogP contribution in [0, 0.1) is 19.8 Å².